The van der Waals surface area contributed by atoms with E-state index in [-0.39, 0.29) is 13.2 Å². The molecule has 0 radical (unpaired) electrons. The minimum atomic E-state index is -3.91. The van der Waals surface area contributed by atoms with Crippen molar-refractivity contribution in [3.8, 4) is 0 Å². The number of phosphoric ester groups is 1. The number of hydrogen-bond acceptors (Lipinski definition) is 5. The molecule has 0 fully saturated rings. The SMILES string of the molecule is CCCCCn1cc(CCCCCCCCOP(=O)(O)OCC[N+](C)(C)C)nn1. The van der Waals surface area contributed by atoms with Gasteiger partial charge >= 0.3 is 7.82 Å². The highest BCUT2D eigenvalue weighted by Gasteiger charge is 2.21. The highest BCUT2D eigenvalue weighted by atomic mass is 31.2. The van der Waals surface area contributed by atoms with Gasteiger partial charge in [-0.15, -0.1) is 5.10 Å². The summed E-state index contributed by atoms with van der Waals surface area (Å²) in [6.07, 6.45) is 13.0. The fourth-order valence-corrected chi connectivity index (χ4v) is 3.60. The molecule has 0 aromatic carbocycles. The maximum Gasteiger partial charge on any atom is 0.472 e. The molecule has 1 N–H and O–H groups in total. The molecular formula is C20H42N4O4P+. The maximum absolute atomic E-state index is 11.8. The summed E-state index contributed by atoms with van der Waals surface area (Å²) in [6.45, 7) is 4.30. The second-order valence-electron chi connectivity index (χ2n) is 8.70. The molecule has 0 spiro atoms. The van der Waals surface area contributed by atoms with Crippen molar-refractivity contribution in [3.63, 3.8) is 0 Å². The summed E-state index contributed by atoms with van der Waals surface area (Å²) in [4.78, 5) is 9.65. The average molecular weight is 434 g/mol. The fourth-order valence-electron chi connectivity index (χ4n) is 2.85. The van der Waals surface area contributed by atoms with Crippen LogP contribution in [-0.2, 0) is 26.6 Å². The minimum Gasteiger partial charge on any atom is -0.329 e. The van der Waals surface area contributed by atoms with Crippen LogP contribution in [0.3, 0.4) is 0 Å². The molecule has 1 unspecified atom stereocenters. The predicted molar refractivity (Wildman–Crippen MR) is 116 cm³/mol. The van der Waals surface area contributed by atoms with Gasteiger partial charge in [-0.05, 0) is 25.7 Å². The first-order valence-corrected chi connectivity index (χ1v) is 12.5. The second kappa shape index (κ2) is 14.3. The van der Waals surface area contributed by atoms with Crippen LogP contribution in [0, 0.1) is 0 Å². The molecule has 1 rings (SSSR count). The molecule has 1 atom stereocenters. The van der Waals surface area contributed by atoms with Gasteiger partial charge in [0.2, 0.25) is 0 Å². The van der Waals surface area contributed by atoms with Crippen LogP contribution in [0.4, 0.5) is 0 Å². The van der Waals surface area contributed by atoms with E-state index < -0.39 is 7.82 Å². The number of aromatic nitrogens is 3. The Bertz CT molecular complexity index is 589. The Morgan fingerprint density at radius 3 is 2.34 bits per heavy atom. The van der Waals surface area contributed by atoms with Crippen LogP contribution in [0.5, 0.6) is 0 Å². The molecule has 29 heavy (non-hydrogen) atoms. The van der Waals surface area contributed by atoms with E-state index >= 15 is 0 Å². The zero-order valence-corrected chi connectivity index (χ0v) is 19.8. The van der Waals surface area contributed by atoms with E-state index in [2.05, 4.69) is 23.4 Å². The van der Waals surface area contributed by atoms with Gasteiger partial charge in [-0.2, -0.15) is 0 Å². The lowest BCUT2D eigenvalue weighted by Crippen LogP contribution is -2.37. The van der Waals surface area contributed by atoms with E-state index in [0.717, 1.165) is 63.6 Å². The van der Waals surface area contributed by atoms with Gasteiger partial charge in [0.1, 0.15) is 13.2 Å². The third-order valence-corrected chi connectivity index (χ3v) is 5.69. The summed E-state index contributed by atoms with van der Waals surface area (Å²) in [5, 5.41) is 8.43. The molecule has 0 saturated heterocycles. The molecule has 9 heteroatoms. The topological polar surface area (TPSA) is 86.5 Å². The molecule has 0 aliphatic carbocycles. The molecular weight excluding hydrogens is 391 g/mol. The van der Waals surface area contributed by atoms with Gasteiger partial charge in [-0.1, -0.05) is 50.7 Å². The first-order valence-electron chi connectivity index (χ1n) is 11.0. The van der Waals surface area contributed by atoms with Crippen molar-refractivity contribution in [2.75, 3.05) is 40.9 Å². The summed E-state index contributed by atoms with van der Waals surface area (Å²) in [5.41, 5.74) is 1.08. The summed E-state index contributed by atoms with van der Waals surface area (Å²) < 4.78 is 24.4. The molecule has 0 aliphatic rings. The lowest BCUT2D eigenvalue weighted by Gasteiger charge is -2.24. The Morgan fingerprint density at radius 2 is 1.66 bits per heavy atom. The van der Waals surface area contributed by atoms with Gasteiger partial charge in [0.15, 0.2) is 0 Å². The molecule has 1 heterocycles. The number of likely N-dealkylation sites (N-methyl/N-ethyl adjacent to an activating group) is 1. The summed E-state index contributed by atoms with van der Waals surface area (Å²) in [6, 6.07) is 0. The lowest BCUT2D eigenvalue weighted by atomic mass is 10.1. The Labute approximate surface area is 176 Å². The van der Waals surface area contributed by atoms with Gasteiger partial charge in [-0.3, -0.25) is 13.7 Å². The van der Waals surface area contributed by atoms with Crippen molar-refractivity contribution in [1.82, 2.24) is 15.0 Å². The molecule has 0 bridgehead atoms. The summed E-state index contributed by atoms with van der Waals surface area (Å²) in [7, 11) is 2.10. The summed E-state index contributed by atoms with van der Waals surface area (Å²) in [5.74, 6) is 0. The number of hydrogen-bond donors (Lipinski definition) is 1. The van der Waals surface area contributed by atoms with Crippen molar-refractivity contribution in [1.29, 1.82) is 0 Å². The van der Waals surface area contributed by atoms with Crippen LogP contribution in [-0.4, -0.2) is 65.3 Å². The average Bonchev–Trinajstić information content (AvgIpc) is 3.07. The molecule has 0 amide bonds. The van der Waals surface area contributed by atoms with Crippen LogP contribution in [0.25, 0.3) is 0 Å². The molecule has 1 aromatic rings. The van der Waals surface area contributed by atoms with Crippen molar-refractivity contribution >= 4 is 7.82 Å². The Kier molecular flexibility index (Phi) is 12.9. The number of rotatable bonds is 18. The van der Waals surface area contributed by atoms with Gasteiger partial charge < -0.3 is 9.38 Å². The van der Waals surface area contributed by atoms with E-state index in [0.29, 0.717) is 11.0 Å². The molecule has 170 valence electrons. The largest absolute Gasteiger partial charge is 0.472 e. The van der Waals surface area contributed by atoms with Gasteiger partial charge in [0.25, 0.3) is 0 Å². The third kappa shape index (κ3) is 14.8. The number of unbranched alkanes of at least 4 members (excludes halogenated alkanes) is 7. The van der Waals surface area contributed by atoms with Crippen molar-refractivity contribution in [2.45, 2.75) is 77.7 Å². The Hall–Kier alpha value is -0.790. The summed E-state index contributed by atoms with van der Waals surface area (Å²) >= 11 is 0. The number of quaternary nitrogens is 1. The van der Waals surface area contributed by atoms with Gasteiger partial charge in [0.05, 0.1) is 33.4 Å². The van der Waals surface area contributed by atoms with E-state index in [1.54, 1.807) is 0 Å². The molecule has 1 aromatic heterocycles. The number of aryl methyl sites for hydroxylation is 2. The highest BCUT2D eigenvalue weighted by Crippen LogP contribution is 2.43. The van der Waals surface area contributed by atoms with Crippen LogP contribution in [0.15, 0.2) is 6.20 Å². The maximum atomic E-state index is 11.8. The second-order valence-corrected chi connectivity index (χ2v) is 10.2. The smallest absolute Gasteiger partial charge is 0.329 e. The van der Waals surface area contributed by atoms with Crippen LogP contribution >= 0.6 is 7.82 Å². The molecule has 0 saturated carbocycles. The van der Waals surface area contributed by atoms with Crippen molar-refractivity contribution in [2.24, 2.45) is 0 Å². The van der Waals surface area contributed by atoms with Crippen LogP contribution in [0.2, 0.25) is 0 Å². The van der Waals surface area contributed by atoms with Crippen LogP contribution < -0.4 is 0 Å². The van der Waals surface area contributed by atoms with Gasteiger partial charge in [0, 0.05) is 12.7 Å². The Morgan fingerprint density at radius 1 is 1.00 bits per heavy atom. The molecule has 0 aliphatic heterocycles. The minimum absolute atomic E-state index is 0.212. The van der Waals surface area contributed by atoms with E-state index in [1.165, 1.54) is 12.8 Å². The van der Waals surface area contributed by atoms with E-state index in [4.69, 9.17) is 9.05 Å². The first-order chi connectivity index (χ1) is 13.7. The quantitative estimate of drug-likeness (QED) is 0.212. The standard InChI is InChI=1S/C20H41N4O4P/c1-5-6-12-15-23-19-20(21-22-23)14-11-9-7-8-10-13-17-27-29(25,26)28-18-16-24(2,3)4/h19H,5-18H2,1-4H3/p+1. The van der Waals surface area contributed by atoms with Crippen molar-refractivity contribution < 1.29 is 23.0 Å². The fraction of sp³-hybridized carbons (Fsp3) is 0.900. The molecule has 8 nitrogen and oxygen atoms in total. The van der Waals surface area contributed by atoms with E-state index in [9.17, 15) is 9.46 Å². The van der Waals surface area contributed by atoms with Gasteiger partial charge in [-0.25, -0.2) is 4.57 Å². The first kappa shape index (κ1) is 26.2. The Balaban J connectivity index is 1.97. The lowest BCUT2D eigenvalue weighted by molar-refractivity contribution is -0.870. The zero-order valence-electron chi connectivity index (χ0n) is 18.9. The third-order valence-electron chi connectivity index (χ3n) is 4.68. The monoisotopic (exact) mass is 433 g/mol. The predicted octanol–water partition coefficient (Wildman–Crippen LogP) is 4.19. The number of phosphoric acid groups is 1. The zero-order chi connectivity index (χ0) is 21.6. The highest BCUT2D eigenvalue weighted by molar-refractivity contribution is 7.47. The van der Waals surface area contributed by atoms with E-state index in [1.807, 2.05) is 25.8 Å². The van der Waals surface area contributed by atoms with Crippen molar-refractivity contribution in [3.05, 3.63) is 11.9 Å². The number of nitrogens with zero attached hydrogens (tertiary/aromatic N) is 4. The van der Waals surface area contributed by atoms with Crippen LogP contribution in [0.1, 0.15) is 70.4 Å². The normalized spacial score (nSPS) is 14.2.